The van der Waals surface area contributed by atoms with Gasteiger partial charge in [-0.1, -0.05) is 12.1 Å². The number of H-pyrrole nitrogens is 1. The first-order valence-electron chi connectivity index (χ1n) is 7.92. The smallest absolute Gasteiger partial charge is 0.214 e. The molecule has 0 fully saturated rings. The number of guanidine groups is 1. The second kappa shape index (κ2) is 5.92. The monoisotopic (exact) mass is 331 g/mol. The molecule has 4 rings (SSSR count). The highest BCUT2D eigenvalue weighted by atomic mass is 15.6. The van der Waals surface area contributed by atoms with Crippen molar-refractivity contribution in [3.05, 3.63) is 59.3 Å². The van der Waals surface area contributed by atoms with Gasteiger partial charge in [-0.3, -0.25) is 10.1 Å². The van der Waals surface area contributed by atoms with Crippen LogP contribution in [0.15, 0.2) is 47.6 Å². The van der Waals surface area contributed by atoms with Crippen LogP contribution in [0.25, 0.3) is 10.9 Å². The largest absolute Gasteiger partial charge is 0.325 e. The molecule has 1 aromatic heterocycles. The van der Waals surface area contributed by atoms with Crippen LogP contribution in [-0.4, -0.2) is 28.2 Å². The maximum absolute atomic E-state index is 9.22. The minimum Gasteiger partial charge on any atom is -0.325 e. The summed E-state index contributed by atoms with van der Waals surface area (Å²) >= 11 is 0. The summed E-state index contributed by atoms with van der Waals surface area (Å²) < 4.78 is 0. The molecular formula is C18H17N7. The molecule has 7 nitrogen and oxygen atoms in total. The summed E-state index contributed by atoms with van der Waals surface area (Å²) in [5.41, 5.74) is 7.80. The van der Waals surface area contributed by atoms with E-state index in [0.717, 1.165) is 27.7 Å². The maximum atomic E-state index is 9.22. The number of hydrazine groups is 1. The van der Waals surface area contributed by atoms with Gasteiger partial charge in [0.15, 0.2) is 0 Å². The molecule has 1 aliphatic heterocycles. The number of hydrogen-bond acceptors (Lipinski definition) is 6. The highest BCUT2D eigenvalue weighted by molar-refractivity contribution is 5.96. The van der Waals surface area contributed by atoms with Crippen molar-refractivity contribution in [2.24, 2.45) is 4.99 Å². The van der Waals surface area contributed by atoms with E-state index in [1.807, 2.05) is 55.4 Å². The van der Waals surface area contributed by atoms with Crippen LogP contribution in [0.5, 0.6) is 0 Å². The molecule has 1 unspecified atom stereocenters. The van der Waals surface area contributed by atoms with E-state index in [0.29, 0.717) is 11.5 Å². The Morgan fingerprint density at radius 1 is 1.24 bits per heavy atom. The molecule has 0 saturated carbocycles. The number of aromatic nitrogens is 2. The number of rotatable bonds is 2. The van der Waals surface area contributed by atoms with Gasteiger partial charge < -0.3 is 5.32 Å². The Balaban J connectivity index is 1.59. The summed E-state index contributed by atoms with van der Waals surface area (Å²) in [4.78, 5) is 4.69. The standard InChI is InChI=1S/C18H17N7/c1-11-3-4-12(7-13(11)9-19)17-22-18(25(2)24-17)21-15-5-6-16-14(8-15)10-20-23-16/h3-8,10,17,24H,1-2H3,(H,20,23)(H,21,22). The van der Waals surface area contributed by atoms with Crippen LogP contribution in [0.4, 0.5) is 5.69 Å². The SMILES string of the molecule is Cc1ccc(C2N=C(Nc3ccc4[nH]ncc4c3)N(C)N2)cc1C#N. The average molecular weight is 331 g/mol. The van der Waals surface area contributed by atoms with Crippen LogP contribution in [0.3, 0.4) is 0 Å². The molecule has 1 aliphatic rings. The van der Waals surface area contributed by atoms with Gasteiger partial charge in [0.25, 0.3) is 0 Å². The zero-order valence-electron chi connectivity index (χ0n) is 13.9. The molecule has 0 saturated heterocycles. The number of benzene rings is 2. The molecular weight excluding hydrogens is 314 g/mol. The fourth-order valence-corrected chi connectivity index (χ4v) is 2.83. The van der Waals surface area contributed by atoms with E-state index in [2.05, 4.69) is 27.0 Å². The summed E-state index contributed by atoms with van der Waals surface area (Å²) in [6, 6.07) is 14.0. The number of aromatic amines is 1. The van der Waals surface area contributed by atoms with E-state index in [1.165, 1.54) is 0 Å². The fourth-order valence-electron chi connectivity index (χ4n) is 2.83. The Bertz CT molecular complexity index is 1010. The van der Waals surface area contributed by atoms with Crippen LogP contribution in [0.1, 0.15) is 22.9 Å². The highest BCUT2D eigenvalue weighted by Crippen LogP contribution is 2.23. The molecule has 25 heavy (non-hydrogen) atoms. The van der Waals surface area contributed by atoms with Crippen molar-refractivity contribution in [2.45, 2.75) is 13.1 Å². The van der Waals surface area contributed by atoms with Gasteiger partial charge in [0.2, 0.25) is 5.96 Å². The molecule has 0 amide bonds. The van der Waals surface area contributed by atoms with Crippen molar-refractivity contribution in [1.82, 2.24) is 20.6 Å². The van der Waals surface area contributed by atoms with Gasteiger partial charge in [0, 0.05) is 18.1 Å². The van der Waals surface area contributed by atoms with Gasteiger partial charge in [0.05, 0.1) is 23.3 Å². The average Bonchev–Trinajstić information content (AvgIpc) is 3.22. The topological polar surface area (TPSA) is 92.1 Å². The van der Waals surface area contributed by atoms with Crippen LogP contribution in [-0.2, 0) is 0 Å². The molecule has 0 radical (unpaired) electrons. The molecule has 0 spiro atoms. The number of nitrogens with one attached hydrogen (secondary N) is 3. The van der Waals surface area contributed by atoms with E-state index >= 15 is 0 Å². The third kappa shape index (κ3) is 2.79. The first kappa shape index (κ1) is 15.2. The predicted octanol–water partition coefficient (Wildman–Crippen LogP) is 2.66. The van der Waals surface area contributed by atoms with E-state index in [4.69, 9.17) is 4.99 Å². The van der Waals surface area contributed by atoms with Crippen molar-refractivity contribution >= 4 is 22.5 Å². The number of hydrogen-bond donors (Lipinski definition) is 3. The number of aryl methyl sites for hydroxylation is 1. The lowest BCUT2D eigenvalue weighted by Crippen LogP contribution is -2.37. The summed E-state index contributed by atoms with van der Waals surface area (Å²) in [5, 5.41) is 22.4. The first-order chi connectivity index (χ1) is 12.1. The van der Waals surface area contributed by atoms with E-state index < -0.39 is 0 Å². The lowest BCUT2D eigenvalue weighted by atomic mass is 10.0. The molecule has 2 aromatic carbocycles. The quantitative estimate of drug-likeness (QED) is 0.671. The van der Waals surface area contributed by atoms with Crippen LogP contribution in [0, 0.1) is 18.3 Å². The minimum atomic E-state index is -0.224. The van der Waals surface area contributed by atoms with Gasteiger partial charge in [-0.2, -0.15) is 10.4 Å². The van der Waals surface area contributed by atoms with Crippen molar-refractivity contribution in [3.8, 4) is 6.07 Å². The van der Waals surface area contributed by atoms with E-state index in [9.17, 15) is 5.26 Å². The fraction of sp³-hybridized carbons (Fsp3) is 0.167. The summed E-state index contributed by atoms with van der Waals surface area (Å²) in [6.45, 7) is 1.93. The third-order valence-corrected chi connectivity index (χ3v) is 4.28. The second-order valence-electron chi connectivity index (χ2n) is 6.03. The second-order valence-corrected chi connectivity index (χ2v) is 6.03. The van der Waals surface area contributed by atoms with E-state index in [1.54, 1.807) is 6.20 Å². The number of fused-ring (bicyclic) bond motifs is 1. The molecule has 0 aliphatic carbocycles. The Hall–Kier alpha value is -3.37. The minimum absolute atomic E-state index is 0.224. The summed E-state index contributed by atoms with van der Waals surface area (Å²) in [5.74, 6) is 0.715. The Morgan fingerprint density at radius 3 is 2.96 bits per heavy atom. The number of anilines is 1. The molecule has 3 aromatic rings. The zero-order valence-corrected chi connectivity index (χ0v) is 13.9. The number of aliphatic imine (C=N–C) groups is 1. The summed E-state index contributed by atoms with van der Waals surface area (Å²) in [7, 11) is 1.90. The van der Waals surface area contributed by atoms with Crippen LogP contribution in [0.2, 0.25) is 0 Å². The Labute approximate surface area is 145 Å². The lowest BCUT2D eigenvalue weighted by Gasteiger charge is -2.17. The van der Waals surface area contributed by atoms with Gasteiger partial charge in [-0.15, -0.1) is 0 Å². The van der Waals surface area contributed by atoms with Gasteiger partial charge in [-0.25, -0.2) is 10.4 Å². The molecule has 124 valence electrons. The molecule has 7 heteroatoms. The van der Waals surface area contributed by atoms with Crippen molar-refractivity contribution in [1.29, 1.82) is 5.26 Å². The Kier molecular flexibility index (Phi) is 3.60. The lowest BCUT2D eigenvalue weighted by molar-refractivity contribution is 0.353. The zero-order chi connectivity index (χ0) is 17.4. The van der Waals surface area contributed by atoms with Gasteiger partial charge >= 0.3 is 0 Å². The summed E-state index contributed by atoms with van der Waals surface area (Å²) in [6.07, 6.45) is 1.56. The van der Waals surface area contributed by atoms with E-state index in [-0.39, 0.29) is 6.17 Å². The van der Waals surface area contributed by atoms with Gasteiger partial charge in [0.1, 0.15) is 6.17 Å². The van der Waals surface area contributed by atoms with Gasteiger partial charge in [-0.05, 0) is 42.3 Å². The van der Waals surface area contributed by atoms with Crippen molar-refractivity contribution < 1.29 is 0 Å². The van der Waals surface area contributed by atoms with Crippen molar-refractivity contribution in [3.63, 3.8) is 0 Å². The molecule has 2 heterocycles. The third-order valence-electron chi connectivity index (χ3n) is 4.28. The first-order valence-corrected chi connectivity index (χ1v) is 7.92. The Morgan fingerprint density at radius 2 is 2.12 bits per heavy atom. The van der Waals surface area contributed by atoms with Crippen molar-refractivity contribution in [2.75, 3.05) is 12.4 Å². The molecule has 3 N–H and O–H groups in total. The highest BCUT2D eigenvalue weighted by Gasteiger charge is 2.23. The normalized spacial score (nSPS) is 16.8. The predicted molar refractivity (Wildman–Crippen MR) is 96.7 cm³/mol. The number of nitrogens with zero attached hydrogens (tertiary/aromatic N) is 4. The maximum Gasteiger partial charge on any atom is 0.214 e. The molecule has 1 atom stereocenters. The van der Waals surface area contributed by atoms with Crippen LogP contribution < -0.4 is 10.7 Å². The molecule has 0 bridgehead atoms. The van der Waals surface area contributed by atoms with Crippen LogP contribution >= 0.6 is 0 Å². The number of nitriles is 1.